The summed E-state index contributed by atoms with van der Waals surface area (Å²) in [5, 5.41) is 8.81. The molecule has 0 heterocycles. The first-order chi connectivity index (χ1) is 6.02. The number of hydrogen-bond acceptors (Lipinski definition) is 2. The summed E-state index contributed by atoms with van der Waals surface area (Å²) in [7, 11) is 1.78. The van der Waals surface area contributed by atoms with E-state index in [4.69, 9.17) is 5.26 Å². The Hall–Kier alpha value is -1.04. The van der Waals surface area contributed by atoms with Crippen LogP contribution >= 0.6 is 0 Å². The number of carbonyl (C=O) groups is 1. The Balaban J connectivity index is 2.54. The van der Waals surface area contributed by atoms with Crippen molar-refractivity contribution in [3.8, 4) is 6.07 Å². The number of rotatable bonds is 3. The van der Waals surface area contributed by atoms with Gasteiger partial charge in [0.2, 0.25) is 5.91 Å². The highest BCUT2D eigenvalue weighted by Crippen LogP contribution is 2.46. The van der Waals surface area contributed by atoms with E-state index in [9.17, 15) is 4.79 Å². The van der Waals surface area contributed by atoms with E-state index in [1.54, 1.807) is 11.9 Å². The Labute approximate surface area is 79.3 Å². The monoisotopic (exact) mass is 180 g/mol. The number of carbonyl (C=O) groups excluding carboxylic acids is 1. The first-order valence-corrected chi connectivity index (χ1v) is 4.68. The number of nitriles is 1. The Morgan fingerprint density at radius 3 is 2.46 bits per heavy atom. The molecular formula is C10H16N2O. The van der Waals surface area contributed by atoms with Gasteiger partial charge in [0.15, 0.2) is 0 Å². The zero-order valence-corrected chi connectivity index (χ0v) is 8.50. The van der Waals surface area contributed by atoms with Gasteiger partial charge in [0, 0.05) is 13.6 Å². The molecule has 13 heavy (non-hydrogen) atoms. The van der Waals surface area contributed by atoms with Crippen molar-refractivity contribution in [1.29, 1.82) is 5.26 Å². The normalized spacial score (nSPS) is 18.1. The molecule has 0 aromatic rings. The summed E-state index contributed by atoms with van der Waals surface area (Å²) >= 11 is 0. The molecule has 1 saturated carbocycles. The van der Waals surface area contributed by atoms with E-state index in [-0.39, 0.29) is 5.91 Å². The van der Waals surface area contributed by atoms with Crippen molar-refractivity contribution >= 4 is 5.91 Å². The topological polar surface area (TPSA) is 44.1 Å². The van der Waals surface area contributed by atoms with Crippen LogP contribution in [0, 0.1) is 22.7 Å². The van der Waals surface area contributed by atoms with E-state index in [2.05, 4.69) is 19.9 Å². The molecule has 0 atom stereocenters. The highest BCUT2D eigenvalue weighted by atomic mass is 16.2. The molecule has 0 aromatic carbocycles. The van der Waals surface area contributed by atoms with Crippen LogP contribution in [0.25, 0.3) is 0 Å². The quantitative estimate of drug-likeness (QED) is 0.659. The average molecular weight is 180 g/mol. The molecular weight excluding hydrogens is 164 g/mol. The van der Waals surface area contributed by atoms with E-state index < -0.39 is 5.41 Å². The maximum atomic E-state index is 11.7. The number of nitrogens with zero attached hydrogens (tertiary/aromatic N) is 2. The Bertz CT molecular complexity index is 248. The Morgan fingerprint density at radius 2 is 2.15 bits per heavy atom. The van der Waals surface area contributed by atoms with Gasteiger partial charge in [-0.15, -0.1) is 0 Å². The second kappa shape index (κ2) is 3.37. The van der Waals surface area contributed by atoms with Crippen LogP contribution in [0.15, 0.2) is 0 Å². The highest BCUT2D eigenvalue weighted by Gasteiger charge is 2.51. The third-order valence-corrected chi connectivity index (χ3v) is 2.36. The summed E-state index contributed by atoms with van der Waals surface area (Å²) in [5.74, 6) is 0.465. The molecule has 0 saturated heterocycles. The standard InChI is InChI=1S/C10H16N2O/c1-8(2)6-12(3)9(13)10(7-11)4-5-10/h8H,4-6H2,1-3H3. The third-order valence-electron chi connectivity index (χ3n) is 2.36. The molecule has 1 fully saturated rings. The van der Waals surface area contributed by atoms with Gasteiger partial charge in [-0.05, 0) is 18.8 Å². The van der Waals surface area contributed by atoms with Crippen LogP contribution in [-0.2, 0) is 4.79 Å². The lowest BCUT2D eigenvalue weighted by Crippen LogP contribution is -2.35. The molecule has 0 N–H and O–H groups in total. The van der Waals surface area contributed by atoms with Gasteiger partial charge < -0.3 is 4.90 Å². The predicted molar refractivity (Wildman–Crippen MR) is 49.8 cm³/mol. The van der Waals surface area contributed by atoms with Gasteiger partial charge in [0.1, 0.15) is 5.41 Å². The maximum absolute atomic E-state index is 11.7. The second-order valence-corrected chi connectivity index (χ2v) is 4.27. The summed E-state index contributed by atoms with van der Waals surface area (Å²) < 4.78 is 0. The van der Waals surface area contributed by atoms with Crippen LogP contribution in [0.5, 0.6) is 0 Å². The second-order valence-electron chi connectivity index (χ2n) is 4.27. The van der Waals surface area contributed by atoms with Gasteiger partial charge in [-0.1, -0.05) is 13.8 Å². The maximum Gasteiger partial charge on any atom is 0.242 e. The molecule has 0 aromatic heterocycles. The smallest absolute Gasteiger partial charge is 0.242 e. The van der Waals surface area contributed by atoms with Gasteiger partial charge in [-0.3, -0.25) is 4.79 Å². The van der Waals surface area contributed by atoms with Crippen LogP contribution in [0.2, 0.25) is 0 Å². The molecule has 3 nitrogen and oxygen atoms in total. The summed E-state index contributed by atoms with van der Waals surface area (Å²) in [4.78, 5) is 13.4. The summed E-state index contributed by atoms with van der Waals surface area (Å²) in [6.07, 6.45) is 1.48. The van der Waals surface area contributed by atoms with Crippen molar-refractivity contribution in [1.82, 2.24) is 4.90 Å². The molecule has 1 aliphatic rings. The van der Waals surface area contributed by atoms with Crippen molar-refractivity contribution in [3.63, 3.8) is 0 Å². The molecule has 1 amide bonds. The highest BCUT2D eigenvalue weighted by molar-refractivity contribution is 5.88. The molecule has 0 unspecified atom stereocenters. The fourth-order valence-electron chi connectivity index (χ4n) is 1.49. The van der Waals surface area contributed by atoms with Gasteiger partial charge in [-0.2, -0.15) is 5.26 Å². The first-order valence-electron chi connectivity index (χ1n) is 4.68. The van der Waals surface area contributed by atoms with Crippen LogP contribution in [0.1, 0.15) is 26.7 Å². The molecule has 0 bridgehead atoms. The lowest BCUT2D eigenvalue weighted by atomic mass is 10.1. The van der Waals surface area contributed by atoms with Crippen molar-refractivity contribution in [2.75, 3.05) is 13.6 Å². The first kappa shape index (κ1) is 10.0. The SMILES string of the molecule is CC(C)CN(C)C(=O)C1(C#N)CC1. The van der Waals surface area contributed by atoms with Crippen molar-refractivity contribution < 1.29 is 4.79 Å². The largest absolute Gasteiger partial charge is 0.344 e. The van der Waals surface area contributed by atoms with E-state index in [1.165, 1.54) is 0 Å². The molecule has 3 heteroatoms. The van der Waals surface area contributed by atoms with Crippen molar-refractivity contribution in [3.05, 3.63) is 0 Å². The lowest BCUT2D eigenvalue weighted by molar-refractivity contribution is -0.134. The Morgan fingerprint density at radius 1 is 1.62 bits per heavy atom. The molecule has 0 aliphatic heterocycles. The minimum Gasteiger partial charge on any atom is -0.344 e. The molecule has 0 spiro atoms. The fourth-order valence-corrected chi connectivity index (χ4v) is 1.49. The van der Waals surface area contributed by atoms with Crippen LogP contribution in [-0.4, -0.2) is 24.4 Å². The summed E-state index contributed by atoms with van der Waals surface area (Å²) in [6.45, 7) is 4.87. The predicted octanol–water partition coefficient (Wildman–Crippen LogP) is 1.40. The van der Waals surface area contributed by atoms with E-state index in [0.29, 0.717) is 5.92 Å². The molecule has 1 aliphatic carbocycles. The van der Waals surface area contributed by atoms with Crippen molar-refractivity contribution in [2.24, 2.45) is 11.3 Å². The van der Waals surface area contributed by atoms with E-state index in [1.807, 2.05) is 0 Å². The molecule has 0 radical (unpaired) electrons. The summed E-state index contributed by atoms with van der Waals surface area (Å²) in [5.41, 5.74) is -0.649. The van der Waals surface area contributed by atoms with Crippen LogP contribution in [0.3, 0.4) is 0 Å². The third kappa shape index (κ3) is 2.00. The number of hydrogen-bond donors (Lipinski definition) is 0. The summed E-state index contributed by atoms with van der Waals surface area (Å²) in [6, 6.07) is 2.12. The molecule has 1 rings (SSSR count). The van der Waals surface area contributed by atoms with Gasteiger partial charge in [0.25, 0.3) is 0 Å². The minimum absolute atomic E-state index is 0.00343. The van der Waals surface area contributed by atoms with Crippen LogP contribution in [0.4, 0.5) is 0 Å². The zero-order chi connectivity index (χ0) is 10.1. The number of amides is 1. The van der Waals surface area contributed by atoms with Crippen LogP contribution < -0.4 is 0 Å². The van der Waals surface area contributed by atoms with Gasteiger partial charge >= 0.3 is 0 Å². The minimum atomic E-state index is -0.649. The van der Waals surface area contributed by atoms with Gasteiger partial charge in [0.05, 0.1) is 6.07 Å². The molecule has 72 valence electrons. The van der Waals surface area contributed by atoms with E-state index in [0.717, 1.165) is 19.4 Å². The van der Waals surface area contributed by atoms with Crippen molar-refractivity contribution in [2.45, 2.75) is 26.7 Å². The lowest BCUT2D eigenvalue weighted by Gasteiger charge is -2.21. The van der Waals surface area contributed by atoms with Gasteiger partial charge in [-0.25, -0.2) is 0 Å². The Kier molecular flexibility index (Phi) is 2.60. The fraction of sp³-hybridized carbons (Fsp3) is 0.800. The van der Waals surface area contributed by atoms with E-state index >= 15 is 0 Å². The average Bonchev–Trinajstić information content (AvgIpc) is 2.82. The zero-order valence-electron chi connectivity index (χ0n) is 8.50.